The SMILES string of the molecule is CCCCCCCCc1ccc(OC(=O)C2=C=CC=C2)cc1. The summed E-state index contributed by atoms with van der Waals surface area (Å²) >= 11 is 0. The largest absolute Gasteiger partial charge is 0.422 e. The molecule has 0 heterocycles. The van der Waals surface area contributed by atoms with Crippen LogP contribution in [-0.2, 0) is 11.2 Å². The highest BCUT2D eigenvalue weighted by Gasteiger charge is 2.10. The summed E-state index contributed by atoms with van der Waals surface area (Å²) in [5.41, 5.74) is 4.61. The average Bonchev–Trinajstić information content (AvgIpc) is 3.07. The normalized spacial score (nSPS) is 12.5. The minimum absolute atomic E-state index is 0.353. The Morgan fingerprint density at radius 1 is 1.05 bits per heavy atom. The van der Waals surface area contributed by atoms with Crippen LogP contribution in [0.4, 0.5) is 0 Å². The van der Waals surface area contributed by atoms with Gasteiger partial charge in [-0.05, 0) is 42.7 Å². The molecular formula is C20H24O2. The van der Waals surface area contributed by atoms with E-state index in [4.69, 9.17) is 4.74 Å². The van der Waals surface area contributed by atoms with Crippen LogP contribution < -0.4 is 4.74 Å². The molecule has 0 saturated heterocycles. The molecule has 0 atom stereocenters. The third-order valence-corrected chi connectivity index (χ3v) is 3.77. The molecule has 0 aromatic heterocycles. The van der Waals surface area contributed by atoms with E-state index >= 15 is 0 Å². The number of unbranched alkanes of at least 4 members (excludes halogenated alkanes) is 5. The molecule has 2 nitrogen and oxygen atoms in total. The van der Waals surface area contributed by atoms with Crippen LogP contribution >= 0.6 is 0 Å². The van der Waals surface area contributed by atoms with Crippen LogP contribution in [-0.4, -0.2) is 5.97 Å². The molecule has 116 valence electrons. The van der Waals surface area contributed by atoms with Crippen LogP contribution in [0.1, 0.15) is 51.0 Å². The van der Waals surface area contributed by atoms with E-state index in [2.05, 4.69) is 12.7 Å². The molecule has 0 saturated carbocycles. The first-order chi connectivity index (χ1) is 10.8. The van der Waals surface area contributed by atoms with E-state index in [1.54, 1.807) is 18.2 Å². The maximum atomic E-state index is 11.8. The summed E-state index contributed by atoms with van der Waals surface area (Å²) in [6.07, 6.45) is 14.1. The van der Waals surface area contributed by atoms with E-state index in [1.807, 2.05) is 24.3 Å². The van der Waals surface area contributed by atoms with Crippen molar-refractivity contribution < 1.29 is 9.53 Å². The fourth-order valence-electron chi connectivity index (χ4n) is 2.45. The number of esters is 1. The molecule has 0 radical (unpaired) electrons. The number of benzene rings is 1. The Balaban J connectivity index is 1.72. The van der Waals surface area contributed by atoms with Crippen LogP contribution in [0.2, 0.25) is 0 Å². The molecule has 1 aromatic carbocycles. The van der Waals surface area contributed by atoms with Crippen molar-refractivity contribution in [2.75, 3.05) is 0 Å². The van der Waals surface area contributed by atoms with Crippen LogP contribution in [0.5, 0.6) is 5.75 Å². The Morgan fingerprint density at radius 3 is 2.45 bits per heavy atom. The molecule has 0 fully saturated rings. The molecule has 1 aliphatic carbocycles. The zero-order chi connectivity index (χ0) is 15.6. The van der Waals surface area contributed by atoms with Gasteiger partial charge in [0.2, 0.25) is 0 Å². The predicted molar refractivity (Wildman–Crippen MR) is 89.9 cm³/mol. The lowest BCUT2D eigenvalue weighted by molar-refractivity contribution is -0.129. The van der Waals surface area contributed by atoms with Gasteiger partial charge in [0.15, 0.2) is 0 Å². The summed E-state index contributed by atoms with van der Waals surface area (Å²) in [4.78, 5) is 11.8. The molecule has 0 aliphatic heterocycles. The van der Waals surface area contributed by atoms with Gasteiger partial charge < -0.3 is 4.74 Å². The van der Waals surface area contributed by atoms with Gasteiger partial charge in [-0.3, -0.25) is 0 Å². The van der Waals surface area contributed by atoms with Crippen molar-refractivity contribution >= 4 is 5.97 Å². The lowest BCUT2D eigenvalue weighted by Crippen LogP contribution is -2.08. The molecular weight excluding hydrogens is 272 g/mol. The summed E-state index contributed by atoms with van der Waals surface area (Å²) in [6.45, 7) is 2.24. The minimum atomic E-state index is -0.353. The molecule has 0 N–H and O–H groups in total. The number of hydrogen-bond donors (Lipinski definition) is 0. The minimum Gasteiger partial charge on any atom is -0.422 e. The quantitative estimate of drug-likeness (QED) is 0.273. The van der Waals surface area contributed by atoms with Crippen molar-refractivity contribution in [3.05, 3.63) is 59.4 Å². The topological polar surface area (TPSA) is 26.3 Å². The second kappa shape index (κ2) is 9.07. The second-order valence-electron chi connectivity index (χ2n) is 5.64. The van der Waals surface area contributed by atoms with E-state index in [0.29, 0.717) is 11.3 Å². The van der Waals surface area contributed by atoms with Gasteiger partial charge in [-0.1, -0.05) is 57.2 Å². The first kappa shape index (κ1) is 16.3. The van der Waals surface area contributed by atoms with Crippen LogP contribution in [0.3, 0.4) is 0 Å². The van der Waals surface area contributed by atoms with E-state index in [1.165, 1.54) is 44.1 Å². The lowest BCUT2D eigenvalue weighted by atomic mass is 10.0. The molecule has 0 unspecified atom stereocenters. The van der Waals surface area contributed by atoms with Gasteiger partial charge in [0.05, 0.1) is 0 Å². The lowest BCUT2D eigenvalue weighted by Gasteiger charge is -2.05. The number of carbonyl (C=O) groups is 1. The number of aryl methyl sites for hydroxylation is 1. The fraction of sp³-hybridized carbons (Fsp3) is 0.400. The molecule has 2 rings (SSSR count). The van der Waals surface area contributed by atoms with Gasteiger partial charge in [-0.25, -0.2) is 4.79 Å². The van der Waals surface area contributed by atoms with Crippen molar-refractivity contribution in [3.63, 3.8) is 0 Å². The highest BCUT2D eigenvalue weighted by Crippen LogP contribution is 2.17. The van der Waals surface area contributed by atoms with Gasteiger partial charge in [-0.15, -0.1) is 5.73 Å². The molecule has 2 heteroatoms. The summed E-state index contributed by atoms with van der Waals surface area (Å²) in [7, 11) is 0. The van der Waals surface area contributed by atoms with E-state index in [0.717, 1.165) is 6.42 Å². The van der Waals surface area contributed by atoms with Gasteiger partial charge in [0.25, 0.3) is 0 Å². The Labute approximate surface area is 133 Å². The van der Waals surface area contributed by atoms with E-state index in [-0.39, 0.29) is 5.97 Å². The van der Waals surface area contributed by atoms with Crippen molar-refractivity contribution in [1.82, 2.24) is 0 Å². The first-order valence-corrected chi connectivity index (χ1v) is 8.24. The Morgan fingerprint density at radius 2 is 1.77 bits per heavy atom. The zero-order valence-corrected chi connectivity index (χ0v) is 13.3. The van der Waals surface area contributed by atoms with Crippen molar-refractivity contribution in [3.8, 4) is 5.75 Å². The summed E-state index contributed by atoms with van der Waals surface area (Å²) in [5.74, 6) is 0.236. The number of ether oxygens (including phenoxy) is 1. The van der Waals surface area contributed by atoms with Gasteiger partial charge >= 0.3 is 5.97 Å². The zero-order valence-electron chi connectivity index (χ0n) is 13.3. The van der Waals surface area contributed by atoms with Gasteiger partial charge in [-0.2, -0.15) is 0 Å². The van der Waals surface area contributed by atoms with E-state index < -0.39 is 0 Å². The Kier molecular flexibility index (Phi) is 6.73. The highest BCUT2D eigenvalue weighted by molar-refractivity contribution is 5.93. The smallest absolute Gasteiger partial charge is 0.351 e. The summed E-state index contributed by atoms with van der Waals surface area (Å²) in [5, 5.41) is 0. The Hall–Kier alpha value is -2.05. The molecule has 0 bridgehead atoms. The molecule has 0 amide bonds. The van der Waals surface area contributed by atoms with Crippen LogP contribution in [0.15, 0.2) is 53.8 Å². The monoisotopic (exact) mass is 296 g/mol. The maximum Gasteiger partial charge on any atom is 0.351 e. The van der Waals surface area contributed by atoms with Crippen LogP contribution in [0, 0.1) is 0 Å². The number of allylic oxidation sites excluding steroid dienone is 1. The summed E-state index contributed by atoms with van der Waals surface area (Å²) < 4.78 is 5.31. The fourth-order valence-corrected chi connectivity index (χ4v) is 2.45. The summed E-state index contributed by atoms with van der Waals surface area (Å²) in [6, 6.07) is 7.83. The third kappa shape index (κ3) is 5.38. The van der Waals surface area contributed by atoms with Crippen molar-refractivity contribution in [2.45, 2.75) is 51.9 Å². The first-order valence-electron chi connectivity index (χ1n) is 8.24. The highest BCUT2D eigenvalue weighted by atomic mass is 16.5. The van der Waals surface area contributed by atoms with E-state index in [9.17, 15) is 4.79 Å². The number of rotatable bonds is 9. The molecule has 1 aliphatic rings. The Bertz CT molecular complexity index is 572. The third-order valence-electron chi connectivity index (χ3n) is 3.77. The van der Waals surface area contributed by atoms with Crippen LogP contribution in [0.25, 0.3) is 0 Å². The van der Waals surface area contributed by atoms with Gasteiger partial charge in [0, 0.05) is 0 Å². The number of hydrogen-bond acceptors (Lipinski definition) is 2. The van der Waals surface area contributed by atoms with Crippen molar-refractivity contribution in [1.29, 1.82) is 0 Å². The second-order valence-corrected chi connectivity index (χ2v) is 5.64. The van der Waals surface area contributed by atoms with Gasteiger partial charge in [0.1, 0.15) is 11.3 Å². The maximum absolute atomic E-state index is 11.8. The number of carbonyl (C=O) groups excluding carboxylic acids is 1. The molecule has 22 heavy (non-hydrogen) atoms. The standard InChI is InChI=1S/C20H24O2/c1-2-3-4-5-6-7-10-17-13-15-19(16-14-17)22-20(21)18-11-8-9-12-18/h8-9,11,13-16H,2-7,10H2,1H3. The predicted octanol–water partition coefficient (Wildman–Crippen LogP) is 5.15. The average molecular weight is 296 g/mol. The molecule has 1 aromatic rings. The molecule has 0 spiro atoms. The van der Waals surface area contributed by atoms with Crippen molar-refractivity contribution in [2.24, 2.45) is 0 Å².